The summed E-state index contributed by atoms with van der Waals surface area (Å²) < 4.78 is 45.6. The Balaban J connectivity index is 1.42. The zero-order chi connectivity index (χ0) is 23.6. The molecule has 0 unspecified atom stereocenters. The molecule has 0 radical (unpaired) electrons. The molecule has 3 heterocycles. The Morgan fingerprint density at radius 3 is 2.48 bits per heavy atom. The average Bonchev–Trinajstić information content (AvgIpc) is 3.24. The molecule has 1 amide bonds. The lowest BCUT2D eigenvalue weighted by molar-refractivity contribution is -0.144. The second kappa shape index (κ2) is 9.54. The van der Waals surface area contributed by atoms with E-state index in [1.54, 1.807) is 13.8 Å². The van der Waals surface area contributed by atoms with Crippen molar-refractivity contribution >= 4 is 11.7 Å². The van der Waals surface area contributed by atoms with Crippen LogP contribution >= 0.6 is 0 Å². The Morgan fingerprint density at radius 1 is 1.12 bits per heavy atom. The normalized spacial score (nSPS) is 19.7. The Bertz CT molecular complexity index is 994. The number of nitrogens with zero attached hydrogens (tertiary/aromatic N) is 5. The average molecular weight is 469 g/mol. The first-order valence-corrected chi connectivity index (χ1v) is 11.6. The van der Waals surface area contributed by atoms with Gasteiger partial charge in [-0.3, -0.25) is 9.69 Å². The third-order valence-corrected chi connectivity index (χ3v) is 6.99. The number of ether oxygens (including phenoxy) is 1. The number of hydrogen-bond donors (Lipinski definition) is 1. The highest BCUT2D eigenvalue weighted by Gasteiger charge is 2.39. The van der Waals surface area contributed by atoms with E-state index in [2.05, 4.69) is 25.3 Å². The molecule has 1 aliphatic carbocycles. The quantitative estimate of drug-likeness (QED) is 0.702. The molecule has 2 fully saturated rings. The summed E-state index contributed by atoms with van der Waals surface area (Å²) in [5.74, 6) is -1.37. The smallest absolute Gasteiger partial charge is 0.379 e. The predicted molar refractivity (Wildman–Crippen MR) is 115 cm³/mol. The van der Waals surface area contributed by atoms with Crippen LogP contribution in [0.25, 0.3) is 5.78 Å². The summed E-state index contributed by atoms with van der Waals surface area (Å²) >= 11 is 0. The molecule has 11 heteroatoms. The molecule has 0 spiro atoms. The van der Waals surface area contributed by atoms with Gasteiger partial charge in [0.2, 0.25) is 5.91 Å². The van der Waals surface area contributed by atoms with E-state index in [0.717, 1.165) is 62.1 Å². The number of aryl methyl sites for hydroxylation is 2. The molecule has 33 heavy (non-hydrogen) atoms. The summed E-state index contributed by atoms with van der Waals surface area (Å²) in [6.45, 7) is 7.23. The van der Waals surface area contributed by atoms with Crippen LogP contribution in [0, 0.1) is 13.8 Å². The lowest BCUT2D eigenvalue weighted by Crippen LogP contribution is -2.59. The van der Waals surface area contributed by atoms with E-state index in [-0.39, 0.29) is 23.6 Å². The lowest BCUT2D eigenvalue weighted by Gasteiger charge is -2.48. The maximum atomic E-state index is 13.0. The number of rotatable bonds is 6. The first-order chi connectivity index (χ1) is 15.7. The van der Waals surface area contributed by atoms with E-state index < -0.39 is 12.0 Å². The van der Waals surface area contributed by atoms with E-state index in [1.807, 2.05) is 0 Å². The van der Waals surface area contributed by atoms with Crippen molar-refractivity contribution in [2.45, 2.75) is 70.5 Å². The molecule has 1 N–H and O–H groups in total. The highest BCUT2D eigenvalue weighted by molar-refractivity contribution is 5.76. The summed E-state index contributed by atoms with van der Waals surface area (Å²) in [6.07, 6.45) is 1.66. The van der Waals surface area contributed by atoms with E-state index in [1.165, 1.54) is 6.42 Å². The minimum absolute atomic E-state index is 0.0152. The molecule has 4 rings (SSSR count). The van der Waals surface area contributed by atoms with Crippen molar-refractivity contribution in [1.82, 2.24) is 29.8 Å². The zero-order valence-corrected chi connectivity index (χ0v) is 19.2. The summed E-state index contributed by atoms with van der Waals surface area (Å²) in [5, 5.41) is 6.71. The number of morpholine rings is 1. The maximum absolute atomic E-state index is 13.0. The van der Waals surface area contributed by atoms with E-state index in [0.29, 0.717) is 24.4 Å². The zero-order valence-electron chi connectivity index (χ0n) is 19.2. The fourth-order valence-electron chi connectivity index (χ4n) is 5.13. The molecule has 8 nitrogen and oxygen atoms in total. The van der Waals surface area contributed by atoms with Crippen molar-refractivity contribution in [2.75, 3.05) is 32.8 Å². The molecular formula is C22H31F3N6O2. The van der Waals surface area contributed by atoms with Crippen LogP contribution in [-0.2, 0) is 22.1 Å². The number of carbonyl (C=O) groups is 1. The van der Waals surface area contributed by atoms with Gasteiger partial charge in [-0.05, 0) is 38.7 Å². The highest BCUT2D eigenvalue weighted by Crippen LogP contribution is 2.34. The molecule has 182 valence electrons. The molecule has 1 saturated heterocycles. The Labute approximate surface area is 190 Å². The Kier molecular flexibility index (Phi) is 6.90. The molecule has 2 aromatic heterocycles. The number of halogens is 3. The second-order valence-electron chi connectivity index (χ2n) is 9.07. The van der Waals surface area contributed by atoms with Crippen molar-refractivity contribution in [2.24, 2.45) is 0 Å². The first kappa shape index (κ1) is 23.9. The van der Waals surface area contributed by atoms with E-state index >= 15 is 0 Å². The van der Waals surface area contributed by atoms with Crippen LogP contribution in [0.1, 0.15) is 61.3 Å². The lowest BCUT2D eigenvalue weighted by atomic mass is 9.79. The summed E-state index contributed by atoms with van der Waals surface area (Å²) in [5.41, 5.74) is 1.78. The number of carbonyl (C=O) groups excluding carboxylic acids is 1. The van der Waals surface area contributed by atoms with Gasteiger partial charge in [-0.15, -0.1) is 5.10 Å². The van der Waals surface area contributed by atoms with Crippen LogP contribution in [0.15, 0.2) is 0 Å². The SMILES string of the molecule is Cc1nc2nc(C(F)(F)F)nn2c(C)c1CCC(=O)NCC1(N2CCOCC2)CCCCC1. The van der Waals surface area contributed by atoms with Crippen molar-refractivity contribution in [3.8, 4) is 0 Å². The third-order valence-electron chi connectivity index (χ3n) is 6.99. The van der Waals surface area contributed by atoms with Crippen LogP contribution < -0.4 is 5.32 Å². The van der Waals surface area contributed by atoms with Gasteiger partial charge in [0.15, 0.2) is 0 Å². The Hall–Kier alpha value is -2.27. The number of fused-ring (bicyclic) bond motifs is 1. The summed E-state index contributed by atoms with van der Waals surface area (Å²) in [6, 6.07) is 0. The van der Waals surface area contributed by atoms with Gasteiger partial charge < -0.3 is 10.1 Å². The molecule has 0 aromatic carbocycles. The monoisotopic (exact) mass is 468 g/mol. The van der Waals surface area contributed by atoms with E-state index in [9.17, 15) is 18.0 Å². The van der Waals surface area contributed by atoms with Crippen LogP contribution in [0.5, 0.6) is 0 Å². The summed E-state index contributed by atoms with van der Waals surface area (Å²) in [4.78, 5) is 22.9. The van der Waals surface area contributed by atoms with Crippen molar-refractivity contribution < 1.29 is 22.7 Å². The van der Waals surface area contributed by atoms with Gasteiger partial charge in [-0.1, -0.05) is 19.3 Å². The van der Waals surface area contributed by atoms with Gasteiger partial charge in [0.25, 0.3) is 11.6 Å². The van der Waals surface area contributed by atoms with Crippen molar-refractivity contribution in [3.05, 3.63) is 22.8 Å². The van der Waals surface area contributed by atoms with Gasteiger partial charge >= 0.3 is 6.18 Å². The Morgan fingerprint density at radius 2 is 1.82 bits per heavy atom. The number of hydrogen-bond acceptors (Lipinski definition) is 6. The van der Waals surface area contributed by atoms with E-state index in [4.69, 9.17) is 4.74 Å². The molecule has 1 saturated carbocycles. The van der Waals surface area contributed by atoms with Crippen LogP contribution in [0.3, 0.4) is 0 Å². The first-order valence-electron chi connectivity index (χ1n) is 11.6. The van der Waals surface area contributed by atoms with Gasteiger partial charge in [-0.25, -0.2) is 9.50 Å². The van der Waals surface area contributed by atoms with Gasteiger partial charge in [0, 0.05) is 43.0 Å². The summed E-state index contributed by atoms with van der Waals surface area (Å²) in [7, 11) is 0. The molecule has 0 atom stereocenters. The largest absolute Gasteiger partial charge is 0.453 e. The van der Waals surface area contributed by atoms with Crippen molar-refractivity contribution in [1.29, 1.82) is 0 Å². The molecular weight excluding hydrogens is 437 g/mol. The number of nitrogens with one attached hydrogen (secondary N) is 1. The highest BCUT2D eigenvalue weighted by atomic mass is 19.4. The molecule has 0 bridgehead atoms. The van der Waals surface area contributed by atoms with Gasteiger partial charge in [-0.2, -0.15) is 18.2 Å². The van der Waals surface area contributed by atoms with Crippen LogP contribution in [-0.4, -0.2) is 68.8 Å². The minimum atomic E-state index is -4.64. The second-order valence-corrected chi connectivity index (χ2v) is 9.07. The van der Waals surface area contributed by atoms with Gasteiger partial charge in [0.1, 0.15) is 0 Å². The maximum Gasteiger partial charge on any atom is 0.453 e. The minimum Gasteiger partial charge on any atom is -0.379 e. The fraction of sp³-hybridized carbons (Fsp3) is 0.727. The molecule has 2 aliphatic rings. The number of amides is 1. The third kappa shape index (κ3) is 5.13. The standard InChI is InChI=1S/C22H31F3N6O2/c1-15-17(16(2)31-20(27-15)28-19(29-31)22(23,24)25)6-7-18(32)26-14-21(8-4-3-5-9-21)30-10-12-33-13-11-30/h3-14H2,1-2H3,(H,26,32). The van der Waals surface area contributed by atoms with Crippen LogP contribution in [0.2, 0.25) is 0 Å². The number of alkyl halides is 3. The van der Waals surface area contributed by atoms with Crippen LogP contribution in [0.4, 0.5) is 13.2 Å². The molecule has 1 aliphatic heterocycles. The van der Waals surface area contributed by atoms with Gasteiger partial charge in [0.05, 0.1) is 13.2 Å². The van der Waals surface area contributed by atoms with Crippen molar-refractivity contribution in [3.63, 3.8) is 0 Å². The number of aromatic nitrogens is 4. The topological polar surface area (TPSA) is 84.6 Å². The molecule has 2 aromatic rings. The fourth-order valence-corrected chi connectivity index (χ4v) is 5.13. The predicted octanol–water partition coefficient (Wildman–Crippen LogP) is 2.84.